The standard InChI is InChI=1S/C12H17BrN2O4/c1-4-19-10(17)5-9(16)6-15-8(3)11(13)7(2)14-12(15)18/h9,16H,4-6H2,1-3H3. The van der Waals surface area contributed by atoms with Gasteiger partial charge in [-0.05, 0) is 36.7 Å². The molecule has 0 spiro atoms. The molecule has 0 bridgehead atoms. The van der Waals surface area contributed by atoms with Crippen molar-refractivity contribution in [3.63, 3.8) is 0 Å². The van der Waals surface area contributed by atoms with E-state index in [1.54, 1.807) is 20.8 Å². The summed E-state index contributed by atoms with van der Waals surface area (Å²) in [5.74, 6) is -0.486. The zero-order chi connectivity index (χ0) is 14.6. The molecule has 0 aromatic carbocycles. The first kappa shape index (κ1) is 15.8. The van der Waals surface area contributed by atoms with Crippen molar-refractivity contribution in [3.8, 4) is 0 Å². The maximum Gasteiger partial charge on any atom is 0.348 e. The van der Waals surface area contributed by atoms with Crippen LogP contribution in [0.5, 0.6) is 0 Å². The largest absolute Gasteiger partial charge is 0.466 e. The van der Waals surface area contributed by atoms with Crippen molar-refractivity contribution in [2.24, 2.45) is 0 Å². The van der Waals surface area contributed by atoms with Gasteiger partial charge in [0.2, 0.25) is 0 Å². The van der Waals surface area contributed by atoms with Crippen LogP contribution in [0.1, 0.15) is 24.7 Å². The number of ether oxygens (including phenoxy) is 1. The first-order valence-electron chi connectivity index (χ1n) is 5.94. The first-order valence-corrected chi connectivity index (χ1v) is 6.73. The summed E-state index contributed by atoms with van der Waals surface area (Å²) in [5, 5.41) is 9.81. The molecule has 0 saturated carbocycles. The smallest absolute Gasteiger partial charge is 0.348 e. The van der Waals surface area contributed by atoms with Gasteiger partial charge in [-0.3, -0.25) is 9.36 Å². The van der Waals surface area contributed by atoms with E-state index >= 15 is 0 Å². The fraction of sp³-hybridized carbons (Fsp3) is 0.583. The maximum atomic E-state index is 11.8. The summed E-state index contributed by atoms with van der Waals surface area (Å²) < 4.78 is 6.79. The van der Waals surface area contributed by atoms with Crippen molar-refractivity contribution in [1.29, 1.82) is 0 Å². The van der Waals surface area contributed by atoms with Gasteiger partial charge in [0.25, 0.3) is 0 Å². The molecule has 19 heavy (non-hydrogen) atoms. The third kappa shape index (κ3) is 4.14. The Labute approximate surface area is 119 Å². The molecule has 1 aromatic heterocycles. The van der Waals surface area contributed by atoms with Crippen molar-refractivity contribution >= 4 is 21.9 Å². The Morgan fingerprint density at radius 2 is 2.16 bits per heavy atom. The number of nitrogens with zero attached hydrogens (tertiary/aromatic N) is 2. The Hall–Kier alpha value is -1.21. The number of carbonyl (C=O) groups excluding carboxylic acids is 1. The third-order valence-electron chi connectivity index (χ3n) is 2.64. The SMILES string of the molecule is CCOC(=O)CC(O)Cn1c(C)c(Br)c(C)nc1=O. The van der Waals surface area contributed by atoms with Gasteiger partial charge >= 0.3 is 11.7 Å². The molecule has 106 valence electrons. The summed E-state index contributed by atoms with van der Waals surface area (Å²) in [5.41, 5.74) is 0.820. The van der Waals surface area contributed by atoms with Crippen LogP contribution in [0.4, 0.5) is 0 Å². The van der Waals surface area contributed by atoms with E-state index in [9.17, 15) is 14.7 Å². The predicted molar refractivity (Wildman–Crippen MR) is 72.9 cm³/mol. The highest BCUT2D eigenvalue weighted by Gasteiger charge is 2.16. The Kier molecular flexibility index (Phi) is 5.68. The van der Waals surface area contributed by atoms with E-state index in [-0.39, 0.29) is 19.6 Å². The van der Waals surface area contributed by atoms with Gasteiger partial charge in [0.15, 0.2) is 0 Å². The van der Waals surface area contributed by atoms with Crippen molar-refractivity contribution in [2.75, 3.05) is 6.61 Å². The molecule has 1 unspecified atom stereocenters. The number of rotatable bonds is 5. The van der Waals surface area contributed by atoms with Crippen LogP contribution in [0.2, 0.25) is 0 Å². The first-order chi connectivity index (χ1) is 8.86. The van der Waals surface area contributed by atoms with Gasteiger partial charge in [-0.25, -0.2) is 4.79 Å². The zero-order valence-electron chi connectivity index (χ0n) is 11.1. The van der Waals surface area contributed by atoms with Crippen LogP contribution in [-0.4, -0.2) is 33.3 Å². The molecular formula is C12H17BrN2O4. The summed E-state index contributed by atoms with van der Waals surface area (Å²) in [6.45, 7) is 5.44. The molecule has 0 aliphatic heterocycles. The number of aliphatic hydroxyl groups is 1. The van der Waals surface area contributed by atoms with E-state index < -0.39 is 17.8 Å². The Bertz CT molecular complexity index is 527. The number of carbonyl (C=O) groups is 1. The Morgan fingerprint density at radius 3 is 2.74 bits per heavy atom. The lowest BCUT2D eigenvalue weighted by Crippen LogP contribution is -2.32. The number of aliphatic hydroxyl groups excluding tert-OH is 1. The molecule has 6 nitrogen and oxygen atoms in total. The summed E-state index contributed by atoms with van der Waals surface area (Å²) in [7, 11) is 0. The van der Waals surface area contributed by atoms with E-state index in [4.69, 9.17) is 4.74 Å². The highest BCUT2D eigenvalue weighted by atomic mass is 79.9. The minimum absolute atomic E-state index is 0.00929. The minimum Gasteiger partial charge on any atom is -0.466 e. The number of esters is 1. The fourth-order valence-electron chi connectivity index (χ4n) is 1.68. The molecule has 1 rings (SSSR count). The Balaban J connectivity index is 2.86. The van der Waals surface area contributed by atoms with Crippen molar-refractivity contribution in [3.05, 3.63) is 26.3 Å². The summed E-state index contributed by atoms with van der Waals surface area (Å²) >= 11 is 3.33. The van der Waals surface area contributed by atoms with Gasteiger partial charge in [-0.15, -0.1) is 0 Å². The average molecular weight is 333 g/mol. The molecule has 1 atom stereocenters. The zero-order valence-corrected chi connectivity index (χ0v) is 12.7. The van der Waals surface area contributed by atoms with Crippen molar-refractivity contribution in [1.82, 2.24) is 9.55 Å². The minimum atomic E-state index is -0.980. The number of aromatic nitrogens is 2. The third-order valence-corrected chi connectivity index (χ3v) is 3.78. The van der Waals surface area contributed by atoms with Crippen LogP contribution < -0.4 is 5.69 Å². The highest BCUT2D eigenvalue weighted by Crippen LogP contribution is 2.17. The molecule has 0 aliphatic carbocycles. The molecule has 0 amide bonds. The second kappa shape index (κ2) is 6.81. The van der Waals surface area contributed by atoms with Crippen LogP contribution >= 0.6 is 15.9 Å². The van der Waals surface area contributed by atoms with Crippen molar-refractivity contribution in [2.45, 2.75) is 39.8 Å². The highest BCUT2D eigenvalue weighted by molar-refractivity contribution is 9.10. The lowest BCUT2D eigenvalue weighted by molar-refractivity contribution is -0.145. The van der Waals surface area contributed by atoms with E-state index in [1.165, 1.54) is 4.57 Å². The van der Waals surface area contributed by atoms with Gasteiger partial charge < -0.3 is 9.84 Å². The van der Waals surface area contributed by atoms with Gasteiger partial charge in [-0.1, -0.05) is 0 Å². The van der Waals surface area contributed by atoms with Crippen LogP contribution in [0.15, 0.2) is 9.27 Å². The summed E-state index contributed by atoms with van der Waals surface area (Å²) in [6.07, 6.45) is -1.13. The molecule has 0 saturated heterocycles. The number of hydrogen-bond acceptors (Lipinski definition) is 5. The lowest BCUT2D eigenvalue weighted by Gasteiger charge is -2.15. The van der Waals surface area contributed by atoms with E-state index in [2.05, 4.69) is 20.9 Å². The monoisotopic (exact) mass is 332 g/mol. The predicted octanol–water partition coefficient (Wildman–Crippen LogP) is 0.937. The molecule has 0 aliphatic rings. The fourth-order valence-corrected chi connectivity index (χ4v) is 1.98. The Morgan fingerprint density at radius 1 is 1.53 bits per heavy atom. The van der Waals surface area contributed by atoms with Crippen molar-refractivity contribution < 1.29 is 14.6 Å². The number of halogens is 1. The van der Waals surface area contributed by atoms with Crippen LogP contribution in [0.25, 0.3) is 0 Å². The van der Waals surface area contributed by atoms with E-state index in [0.717, 1.165) is 4.47 Å². The average Bonchev–Trinajstić information content (AvgIpc) is 2.32. The van der Waals surface area contributed by atoms with E-state index in [0.29, 0.717) is 11.4 Å². The number of aryl methyl sites for hydroxylation is 1. The molecule has 0 fully saturated rings. The molecule has 1 aromatic rings. The second-order valence-corrected chi connectivity index (χ2v) is 4.95. The van der Waals surface area contributed by atoms with Gasteiger partial charge in [0.05, 0.1) is 35.8 Å². The molecule has 7 heteroatoms. The van der Waals surface area contributed by atoms with Gasteiger partial charge in [0, 0.05) is 5.69 Å². The summed E-state index contributed by atoms with van der Waals surface area (Å²) in [4.78, 5) is 26.8. The number of hydrogen-bond donors (Lipinski definition) is 1. The molecule has 1 heterocycles. The summed E-state index contributed by atoms with van der Waals surface area (Å²) in [6, 6.07) is 0. The van der Waals surface area contributed by atoms with Gasteiger partial charge in [0.1, 0.15) is 0 Å². The molecule has 0 radical (unpaired) electrons. The van der Waals surface area contributed by atoms with Crippen LogP contribution in [0.3, 0.4) is 0 Å². The second-order valence-electron chi connectivity index (χ2n) is 4.15. The normalized spacial score (nSPS) is 12.3. The molecule has 1 N–H and O–H groups in total. The maximum absolute atomic E-state index is 11.8. The van der Waals surface area contributed by atoms with E-state index in [1.807, 2.05) is 0 Å². The topological polar surface area (TPSA) is 81.4 Å². The van der Waals surface area contributed by atoms with Crippen LogP contribution in [0, 0.1) is 13.8 Å². The quantitative estimate of drug-likeness (QED) is 0.811. The lowest BCUT2D eigenvalue weighted by atomic mass is 10.2. The van der Waals surface area contributed by atoms with Gasteiger partial charge in [-0.2, -0.15) is 4.98 Å². The molecular weight excluding hydrogens is 316 g/mol. The van der Waals surface area contributed by atoms with Crippen LogP contribution in [-0.2, 0) is 16.1 Å².